The van der Waals surface area contributed by atoms with Crippen LogP contribution >= 0.6 is 11.3 Å². The molecule has 20 heavy (non-hydrogen) atoms. The van der Waals surface area contributed by atoms with E-state index < -0.39 is 0 Å². The zero-order valence-electron chi connectivity index (χ0n) is 11.7. The van der Waals surface area contributed by atoms with Crippen LogP contribution in [-0.4, -0.2) is 16.0 Å². The van der Waals surface area contributed by atoms with E-state index in [1.807, 2.05) is 38.3 Å². The van der Waals surface area contributed by atoms with E-state index in [-0.39, 0.29) is 5.84 Å². The Bertz CT molecular complexity index is 627. The topological polar surface area (TPSA) is 80.7 Å². The minimum atomic E-state index is 0.0956. The lowest BCUT2D eigenvalue weighted by molar-refractivity contribution is 0.301. The average Bonchev–Trinajstić information content (AvgIpc) is 2.82. The van der Waals surface area contributed by atoms with Crippen LogP contribution < -0.4 is 10.5 Å². The van der Waals surface area contributed by atoms with Crippen LogP contribution in [0, 0.1) is 20.8 Å². The highest BCUT2D eigenvalue weighted by atomic mass is 32.1. The van der Waals surface area contributed by atoms with Gasteiger partial charge in [-0.25, -0.2) is 4.98 Å². The molecule has 0 unspecified atom stereocenters. The van der Waals surface area contributed by atoms with Crippen molar-refractivity contribution in [1.82, 2.24) is 4.98 Å². The maximum Gasteiger partial charge on any atom is 0.170 e. The highest BCUT2D eigenvalue weighted by molar-refractivity contribution is 7.09. The predicted octanol–water partition coefficient (Wildman–Crippen LogP) is 2.74. The molecule has 0 saturated heterocycles. The van der Waals surface area contributed by atoms with Gasteiger partial charge in [-0.15, -0.1) is 11.3 Å². The average molecular weight is 291 g/mol. The summed E-state index contributed by atoms with van der Waals surface area (Å²) in [5.41, 5.74) is 9.17. The van der Waals surface area contributed by atoms with E-state index in [1.165, 1.54) is 0 Å². The van der Waals surface area contributed by atoms with Crippen LogP contribution in [0.5, 0.6) is 5.75 Å². The van der Waals surface area contributed by atoms with Crippen molar-refractivity contribution in [2.45, 2.75) is 27.4 Å². The minimum Gasteiger partial charge on any atom is -0.486 e. The number of aryl methyl sites for hydroxylation is 3. The highest BCUT2D eigenvalue weighted by Gasteiger charge is 2.10. The number of nitrogens with zero attached hydrogens (tertiary/aromatic N) is 2. The molecule has 5 nitrogen and oxygen atoms in total. The van der Waals surface area contributed by atoms with Gasteiger partial charge in [0, 0.05) is 16.6 Å². The smallest absolute Gasteiger partial charge is 0.170 e. The third kappa shape index (κ3) is 3.08. The molecule has 6 heteroatoms. The van der Waals surface area contributed by atoms with Crippen molar-refractivity contribution in [3.05, 3.63) is 44.9 Å². The van der Waals surface area contributed by atoms with Gasteiger partial charge < -0.3 is 15.7 Å². The molecular formula is C14H17N3O2S. The second kappa shape index (κ2) is 5.92. The van der Waals surface area contributed by atoms with Gasteiger partial charge in [0.2, 0.25) is 0 Å². The van der Waals surface area contributed by atoms with Crippen molar-refractivity contribution >= 4 is 17.2 Å². The first-order chi connectivity index (χ1) is 9.51. The second-order valence-corrected chi connectivity index (χ2v) is 5.54. The fourth-order valence-corrected chi connectivity index (χ4v) is 2.67. The number of thiazole rings is 1. The summed E-state index contributed by atoms with van der Waals surface area (Å²) in [6.45, 7) is 6.28. The van der Waals surface area contributed by atoms with Crippen molar-refractivity contribution in [1.29, 1.82) is 0 Å². The summed E-state index contributed by atoms with van der Waals surface area (Å²) >= 11 is 1.58. The van der Waals surface area contributed by atoms with Crippen LogP contribution in [0.15, 0.2) is 22.7 Å². The molecule has 0 aliphatic rings. The predicted molar refractivity (Wildman–Crippen MR) is 79.6 cm³/mol. The van der Waals surface area contributed by atoms with Gasteiger partial charge in [-0.2, -0.15) is 0 Å². The van der Waals surface area contributed by atoms with Gasteiger partial charge in [0.15, 0.2) is 5.84 Å². The SMILES string of the molecule is Cc1csc(COc2c(C)cc(C(N)=NO)cc2C)n1. The van der Waals surface area contributed by atoms with E-state index in [0.717, 1.165) is 27.6 Å². The molecule has 1 aromatic carbocycles. The zero-order valence-corrected chi connectivity index (χ0v) is 12.5. The Kier molecular flexibility index (Phi) is 4.24. The van der Waals surface area contributed by atoms with Crippen molar-refractivity contribution in [2.75, 3.05) is 0 Å². The van der Waals surface area contributed by atoms with Gasteiger partial charge in [0.1, 0.15) is 17.4 Å². The largest absolute Gasteiger partial charge is 0.486 e. The van der Waals surface area contributed by atoms with Gasteiger partial charge in [-0.05, 0) is 44.0 Å². The quantitative estimate of drug-likeness (QED) is 0.393. The molecule has 106 valence electrons. The number of nitrogens with two attached hydrogens (primary N) is 1. The summed E-state index contributed by atoms with van der Waals surface area (Å²) in [6.07, 6.45) is 0. The first kappa shape index (κ1) is 14.3. The Hall–Kier alpha value is -2.08. The van der Waals surface area contributed by atoms with Gasteiger partial charge in [0.25, 0.3) is 0 Å². The molecule has 2 rings (SSSR count). The molecule has 1 heterocycles. The monoisotopic (exact) mass is 291 g/mol. The third-order valence-electron chi connectivity index (χ3n) is 2.87. The molecule has 0 fully saturated rings. The fourth-order valence-electron chi connectivity index (χ4n) is 1.99. The summed E-state index contributed by atoms with van der Waals surface area (Å²) in [4.78, 5) is 4.37. The van der Waals surface area contributed by atoms with Crippen molar-refractivity contribution in [2.24, 2.45) is 10.9 Å². The number of ether oxygens (including phenoxy) is 1. The Morgan fingerprint density at radius 3 is 2.50 bits per heavy atom. The van der Waals surface area contributed by atoms with E-state index in [2.05, 4.69) is 10.1 Å². The van der Waals surface area contributed by atoms with E-state index in [0.29, 0.717) is 12.2 Å². The van der Waals surface area contributed by atoms with Gasteiger partial charge in [0.05, 0.1) is 0 Å². The molecular weight excluding hydrogens is 274 g/mol. The summed E-state index contributed by atoms with van der Waals surface area (Å²) in [5.74, 6) is 0.908. The maximum atomic E-state index is 8.72. The van der Waals surface area contributed by atoms with Crippen LogP contribution in [0.3, 0.4) is 0 Å². The second-order valence-electron chi connectivity index (χ2n) is 4.60. The molecule has 0 radical (unpaired) electrons. The Balaban J connectivity index is 2.20. The number of hydrogen-bond donors (Lipinski definition) is 2. The molecule has 1 aromatic heterocycles. The Labute approximate surface area is 121 Å². The zero-order chi connectivity index (χ0) is 14.7. The van der Waals surface area contributed by atoms with Crippen molar-refractivity contribution in [3.8, 4) is 5.75 Å². The van der Waals surface area contributed by atoms with E-state index in [4.69, 9.17) is 15.7 Å². The van der Waals surface area contributed by atoms with E-state index >= 15 is 0 Å². The van der Waals surface area contributed by atoms with Gasteiger partial charge in [-0.3, -0.25) is 0 Å². The van der Waals surface area contributed by atoms with Crippen LogP contribution in [0.4, 0.5) is 0 Å². The number of aromatic nitrogens is 1. The van der Waals surface area contributed by atoms with Crippen LogP contribution in [0.25, 0.3) is 0 Å². The normalized spacial score (nSPS) is 11.7. The van der Waals surface area contributed by atoms with E-state index in [9.17, 15) is 0 Å². The van der Waals surface area contributed by atoms with E-state index in [1.54, 1.807) is 11.3 Å². The fraction of sp³-hybridized carbons (Fsp3) is 0.286. The molecule has 0 amide bonds. The first-order valence-corrected chi connectivity index (χ1v) is 7.02. The van der Waals surface area contributed by atoms with Crippen LogP contribution in [0.1, 0.15) is 27.4 Å². The third-order valence-corrected chi connectivity index (χ3v) is 3.81. The molecule has 0 saturated carbocycles. The summed E-state index contributed by atoms with van der Waals surface area (Å²) in [5, 5.41) is 14.7. The standard InChI is InChI=1S/C14H17N3O2S/c1-8-4-11(14(15)17-18)5-9(2)13(8)19-6-12-16-10(3)7-20-12/h4-5,7,18H,6H2,1-3H3,(H2,15,17). The minimum absolute atomic E-state index is 0.0956. The highest BCUT2D eigenvalue weighted by Crippen LogP contribution is 2.26. The summed E-state index contributed by atoms with van der Waals surface area (Å²) < 4.78 is 5.84. The number of hydrogen-bond acceptors (Lipinski definition) is 5. The molecule has 3 N–H and O–H groups in total. The molecule has 0 atom stereocenters. The first-order valence-electron chi connectivity index (χ1n) is 6.14. The number of amidine groups is 1. The molecule has 0 aliphatic heterocycles. The number of oxime groups is 1. The van der Waals surface area contributed by atoms with Crippen LogP contribution in [-0.2, 0) is 6.61 Å². The number of rotatable bonds is 4. The van der Waals surface area contributed by atoms with Crippen molar-refractivity contribution < 1.29 is 9.94 Å². The summed E-state index contributed by atoms with van der Waals surface area (Å²) in [7, 11) is 0. The lowest BCUT2D eigenvalue weighted by Crippen LogP contribution is -2.14. The summed E-state index contributed by atoms with van der Waals surface area (Å²) in [6, 6.07) is 3.68. The number of benzene rings is 1. The Morgan fingerprint density at radius 2 is 2.00 bits per heavy atom. The molecule has 0 aliphatic carbocycles. The maximum absolute atomic E-state index is 8.72. The molecule has 0 bridgehead atoms. The molecule has 2 aromatic rings. The van der Waals surface area contributed by atoms with Crippen LogP contribution in [0.2, 0.25) is 0 Å². The van der Waals surface area contributed by atoms with Gasteiger partial charge in [-0.1, -0.05) is 5.16 Å². The molecule has 0 spiro atoms. The Morgan fingerprint density at radius 1 is 1.35 bits per heavy atom. The lowest BCUT2D eigenvalue weighted by atomic mass is 10.1. The van der Waals surface area contributed by atoms with Gasteiger partial charge >= 0.3 is 0 Å². The van der Waals surface area contributed by atoms with Crippen molar-refractivity contribution in [3.63, 3.8) is 0 Å². The lowest BCUT2D eigenvalue weighted by Gasteiger charge is -2.12.